The monoisotopic (exact) mass is 966 g/mol. The van der Waals surface area contributed by atoms with Gasteiger partial charge < -0.3 is 75.8 Å². The second kappa shape index (κ2) is 25.2. The molecule has 0 spiro atoms. The lowest BCUT2D eigenvalue weighted by molar-refractivity contribution is -0.365. The molecule has 0 amide bonds. The second-order valence-corrected chi connectivity index (χ2v) is 14.9. The molecule has 0 bridgehead atoms. The van der Waals surface area contributed by atoms with E-state index in [1.165, 1.54) is 0 Å². The Morgan fingerprint density at radius 3 is 0.925 bits per heavy atom. The lowest BCUT2D eigenvalue weighted by Crippen LogP contribution is -2.67. The van der Waals surface area contributed by atoms with Gasteiger partial charge in [-0.05, 0) is 0 Å². The van der Waals surface area contributed by atoms with Gasteiger partial charge in [0, 0.05) is 76.2 Å². The molecule has 0 aliphatic carbocycles. The summed E-state index contributed by atoms with van der Waals surface area (Å²) in [6, 6.07) is 0. The molecule has 15 atom stereocenters. The first-order valence-corrected chi connectivity index (χ1v) is 20.3. The van der Waals surface area contributed by atoms with Crippen LogP contribution in [0.5, 0.6) is 0 Å². The first-order valence-electron chi connectivity index (χ1n) is 20.3. The Morgan fingerprint density at radius 1 is 0.284 bits per heavy atom. The SMILES string of the molecule is CC(=O)OC[C@H]1O[C@@H](O[C@H]2[C@H](OC(C)=O)[C@@H](OC(C)=O)[C@H](OC[C@H]3OC(OC(C)=O)[C@H](OC(C)=O)[C@@H](OC(C)=O)[C@H]3OC(C)=O)O[C@@H]2COC(C)=O)[C@H](OC(C)=O)[C@@H](OC(C)=O)[C@H]1OC(C)=O. The molecule has 3 heterocycles. The standard InChI is InChI=1S/C40H54O27/c1-15(41)52-12-26-29(55-17(3)43)33(58-20(6)46)37(62-24(10)50)40(66-26)67-31-27(13-53-16(2)42)64-38(35(60-22(8)48)34(31)59-21(7)47)54-14-28-30(56-18(4)44)32(57-19(5)45)36(61-23(9)49)39(65-28)63-25(11)51/h26-40H,12-14H2,1-11H3/t26-,27-,28-,29+,30+,31-,32+,33+,34+,35-,36-,37-,38-,39?,40+/m1/s1. The van der Waals surface area contributed by atoms with Gasteiger partial charge in [-0.25, -0.2) is 0 Å². The van der Waals surface area contributed by atoms with Gasteiger partial charge in [-0.3, -0.25) is 52.7 Å². The molecule has 27 heteroatoms. The van der Waals surface area contributed by atoms with Crippen molar-refractivity contribution in [2.45, 2.75) is 168 Å². The summed E-state index contributed by atoms with van der Waals surface area (Å²) in [6.07, 6.45) is -26.4. The van der Waals surface area contributed by atoms with Crippen molar-refractivity contribution in [1.82, 2.24) is 0 Å². The first kappa shape index (κ1) is 55.3. The Kier molecular flexibility index (Phi) is 20.8. The number of esters is 11. The van der Waals surface area contributed by atoms with Crippen LogP contribution in [-0.4, -0.2) is 178 Å². The molecule has 376 valence electrons. The third kappa shape index (κ3) is 17.0. The summed E-state index contributed by atoms with van der Waals surface area (Å²) in [5.74, 6) is -10.5. The van der Waals surface area contributed by atoms with Gasteiger partial charge in [-0.1, -0.05) is 0 Å². The Hall–Kier alpha value is -6.03. The predicted molar refractivity (Wildman–Crippen MR) is 206 cm³/mol. The number of hydrogen-bond acceptors (Lipinski definition) is 27. The van der Waals surface area contributed by atoms with E-state index >= 15 is 0 Å². The minimum absolute atomic E-state index is 0.676. The van der Waals surface area contributed by atoms with Gasteiger partial charge in [0.15, 0.2) is 55.3 Å². The molecule has 3 rings (SSSR count). The number of carbonyl (C=O) groups is 11. The van der Waals surface area contributed by atoms with Crippen molar-refractivity contribution in [3.05, 3.63) is 0 Å². The lowest BCUT2D eigenvalue weighted by atomic mass is 9.95. The second-order valence-electron chi connectivity index (χ2n) is 14.9. The van der Waals surface area contributed by atoms with Crippen LogP contribution in [0, 0.1) is 0 Å². The average Bonchev–Trinajstić information content (AvgIpc) is 3.17. The highest BCUT2D eigenvalue weighted by molar-refractivity contribution is 5.71. The van der Waals surface area contributed by atoms with E-state index in [1.807, 2.05) is 0 Å². The lowest BCUT2D eigenvalue weighted by Gasteiger charge is -2.49. The molecule has 3 aliphatic rings. The van der Waals surface area contributed by atoms with Crippen molar-refractivity contribution in [2.24, 2.45) is 0 Å². The summed E-state index contributed by atoms with van der Waals surface area (Å²) in [6.45, 7) is 8.59. The summed E-state index contributed by atoms with van der Waals surface area (Å²) < 4.78 is 89.9. The van der Waals surface area contributed by atoms with Crippen LogP contribution < -0.4 is 0 Å². The molecule has 3 saturated heterocycles. The summed E-state index contributed by atoms with van der Waals surface area (Å²) in [4.78, 5) is 136. The van der Waals surface area contributed by atoms with E-state index in [1.54, 1.807) is 0 Å². The zero-order valence-corrected chi connectivity index (χ0v) is 38.3. The fraction of sp³-hybridized carbons (Fsp3) is 0.725. The molecule has 0 aromatic heterocycles. The van der Waals surface area contributed by atoms with E-state index in [9.17, 15) is 52.7 Å². The third-order valence-electron chi connectivity index (χ3n) is 9.09. The van der Waals surface area contributed by atoms with Crippen molar-refractivity contribution >= 4 is 65.7 Å². The maximum atomic E-state index is 12.9. The first-order chi connectivity index (χ1) is 31.3. The van der Waals surface area contributed by atoms with E-state index < -0.39 is 178 Å². The molecule has 3 fully saturated rings. The number of hydrogen-bond donors (Lipinski definition) is 0. The minimum Gasteiger partial charge on any atom is -0.463 e. The summed E-state index contributed by atoms with van der Waals surface area (Å²) >= 11 is 0. The average molecular weight is 967 g/mol. The fourth-order valence-corrected chi connectivity index (χ4v) is 7.04. The van der Waals surface area contributed by atoms with Crippen LogP contribution in [0.4, 0.5) is 0 Å². The molecular formula is C40H54O27. The molecule has 27 nitrogen and oxygen atoms in total. The van der Waals surface area contributed by atoms with Crippen LogP contribution in [0.2, 0.25) is 0 Å². The molecule has 0 aromatic carbocycles. The molecular weight excluding hydrogens is 912 g/mol. The van der Waals surface area contributed by atoms with E-state index in [2.05, 4.69) is 0 Å². The van der Waals surface area contributed by atoms with Gasteiger partial charge in [0.1, 0.15) is 37.6 Å². The summed E-state index contributed by atoms with van der Waals surface area (Å²) in [5.41, 5.74) is 0. The van der Waals surface area contributed by atoms with E-state index in [0.717, 1.165) is 76.2 Å². The number of rotatable bonds is 18. The Bertz CT molecular complexity index is 1850. The molecule has 0 radical (unpaired) electrons. The van der Waals surface area contributed by atoms with Crippen LogP contribution in [-0.2, 0) is 129 Å². The van der Waals surface area contributed by atoms with Crippen LogP contribution in [0.3, 0.4) is 0 Å². The number of carbonyl (C=O) groups excluding carboxylic acids is 11. The molecule has 3 aliphatic heterocycles. The third-order valence-corrected chi connectivity index (χ3v) is 9.09. The normalized spacial score (nSPS) is 31.2. The maximum absolute atomic E-state index is 12.9. The maximum Gasteiger partial charge on any atom is 0.305 e. The van der Waals surface area contributed by atoms with Crippen molar-refractivity contribution in [2.75, 3.05) is 19.8 Å². The smallest absolute Gasteiger partial charge is 0.305 e. The topological polar surface area (TPSA) is 335 Å². The van der Waals surface area contributed by atoms with Gasteiger partial charge in [-0.15, -0.1) is 0 Å². The van der Waals surface area contributed by atoms with Gasteiger partial charge in [0.05, 0.1) is 6.61 Å². The highest BCUT2D eigenvalue weighted by Crippen LogP contribution is 2.37. The van der Waals surface area contributed by atoms with Crippen molar-refractivity contribution < 1.29 is 129 Å². The van der Waals surface area contributed by atoms with Gasteiger partial charge in [-0.2, -0.15) is 0 Å². The van der Waals surface area contributed by atoms with E-state index in [0.29, 0.717) is 0 Å². The van der Waals surface area contributed by atoms with E-state index in [4.69, 9.17) is 75.8 Å². The molecule has 0 N–H and O–H groups in total. The molecule has 1 unspecified atom stereocenters. The predicted octanol–water partition coefficient (Wildman–Crippen LogP) is -1.29. The fourth-order valence-electron chi connectivity index (χ4n) is 7.04. The summed E-state index contributed by atoms with van der Waals surface area (Å²) in [7, 11) is 0. The van der Waals surface area contributed by atoms with Gasteiger partial charge in [0.2, 0.25) is 12.4 Å². The highest BCUT2D eigenvalue weighted by Gasteiger charge is 2.59. The van der Waals surface area contributed by atoms with Crippen molar-refractivity contribution in [1.29, 1.82) is 0 Å². The zero-order valence-electron chi connectivity index (χ0n) is 38.3. The molecule has 0 aromatic rings. The van der Waals surface area contributed by atoms with Crippen LogP contribution in [0.25, 0.3) is 0 Å². The molecule has 0 saturated carbocycles. The largest absolute Gasteiger partial charge is 0.463 e. The van der Waals surface area contributed by atoms with Gasteiger partial charge in [0.25, 0.3) is 0 Å². The van der Waals surface area contributed by atoms with E-state index in [-0.39, 0.29) is 0 Å². The summed E-state index contributed by atoms with van der Waals surface area (Å²) in [5, 5.41) is 0. The van der Waals surface area contributed by atoms with Gasteiger partial charge >= 0.3 is 65.7 Å². The highest BCUT2D eigenvalue weighted by atomic mass is 16.8. The zero-order chi connectivity index (χ0) is 50.4. The van der Waals surface area contributed by atoms with Crippen molar-refractivity contribution in [3.8, 4) is 0 Å². The Morgan fingerprint density at radius 2 is 0.552 bits per heavy atom. The Labute approximate surface area is 382 Å². The number of ether oxygens (including phenoxy) is 16. The van der Waals surface area contributed by atoms with Crippen LogP contribution in [0.1, 0.15) is 76.2 Å². The Balaban J connectivity index is 2.20. The molecule has 67 heavy (non-hydrogen) atoms. The van der Waals surface area contributed by atoms with Crippen molar-refractivity contribution in [3.63, 3.8) is 0 Å². The minimum atomic E-state index is -1.97. The van der Waals surface area contributed by atoms with Crippen LogP contribution in [0.15, 0.2) is 0 Å². The van der Waals surface area contributed by atoms with Crippen LogP contribution >= 0.6 is 0 Å². The quantitative estimate of drug-likeness (QED) is 0.114.